The van der Waals surface area contributed by atoms with Gasteiger partial charge in [0.15, 0.2) is 0 Å². The minimum atomic E-state index is 0.805. The zero-order valence-electron chi connectivity index (χ0n) is 39.7. The van der Waals surface area contributed by atoms with Gasteiger partial charge in [-0.1, -0.05) is 222 Å². The molecule has 0 unspecified atom stereocenters. The van der Waals surface area contributed by atoms with E-state index in [1.54, 1.807) is 0 Å². The van der Waals surface area contributed by atoms with Gasteiger partial charge in [0.2, 0.25) is 0 Å². The van der Waals surface area contributed by atoms with Crippen molar-refractivity contribution >= 4 is 118 Å². The molecule has 12 aromatic carbocycles. The summed E-state index contributed by atoms with van der Waals surface area (Å²) in [6.45, 7) is 0. The Kier molecular flexibility index (Phi) is 12.8. The fourth-order valence-electron chi connectivity index (χ4n) is 9.61. The van der Waals surface area contributed by atoms with E-state index in [1.807, 2.05) is 71.2 Å². The van der Waals surface area contributed by atoms with Crippen LogP contribution < -0.4 is 11.1 Å². The zero-order chi connectivity index (χ0) is 49.1. The second kappa shape index (κ2) is 20.4. The Labute approximate surface area is 441 Å². The molecular formula is C68H47BrN2S2. The minimum Gasteiger partial charge on any atom is -0.399 e. The van der Waals surface area contributed by atoms with Crippen molar-refractivity contribution in [1.82, 2.24) is 0 Å². The lowest BCUT2D eigenvalue weighted by Gasteiger charge is -2.09. The summed E-state index contributed by atoms with van der Waals surface area (Å²) in [5.74, 6) is 0. The summed E-state index contributed by atoms with van der Waals surface area (Å²) in [6, 6.07) is 94.4. The molecule has 0 spiro atoms. The van der Waals surface area contributed by atoms with E-state index in [2.05, 4.69) is 240 Å². The summed E-state index contributed by atoms with van der Waals surface area (Å²) in [4.78, 5) is 0. The molecule has 0 saturated carbocycles. The van der Waals surface area contributed by atoms with Crippen molar-refractivity contribution in [3.05, 3.63) is 271 Å². The molecule has 14 aromatic rings. The number of halogens is 1. The number of nitrogens with two attached hydrogens (primary N) is 1. The summed E-state index contributed by atoms with van der Waals surface area (Å²) in [5.41, 5.74) is 18.5. The predicted molar refractivity (Wildman–Crippen MR) is 324 cm³/mol. The lowest BCUT2D eigenvalue weighted by Crippen LogP contribution is -1.90. The Bertz CT molecular complexity index is 4200. The lowest BCUT2D eigenvalue weighted by atomic mass is 10.0. The highest BCUT2D eigenvalue weighted by Crippen LogP contribution is 2.42. The Hall–Kier alpha value is -8.32. The van der Waals surface area contributed by atoms with Crippen molar-refractivity contribution < 1.29 is 0 Å². The lowest BCUT2D eigenvalue weighted by molar-refractivity contribution is 1.54. The normalized spacial score (nSPS) is 11.1. The SMILES string of the molecule is Brc1ccc(-c2ccc3c(c2)sc2c4ccccc4ccc32)cc1.Nc1ccc(-c2ccccc2)cc1.c1ccc(-c2ccc(Nc3ccc(-c4ccc5c(c4)sc4c6ccccc6ccc54)cc3)cc2)cc1. The number of anilines is 3. The Morgan fingerprint density at radius 2 is 0.630 bits per heavy atom. The largest absolute Gasteiger partial charge is 0.399 e. The summed E-state index contributed by atoms with van der Waals surface area (Å²) in [7, 11) is 0. The molecule has 5 heteroatoms. The first-order valence-corrected chi connectivity index (χ1v) is 26.8. The summed E-state index contributed by atoms with van der Waals surface area (Å²) < 4.78 is 6.55. The van der Waals surface area contributed by atoms with Crippen molar-refractivity contribution in [2.75, 3.05) is 11.1 Å². The predicted octanol–water partition coefficient (Wildman–Crippen LogP) is 20.9. The number of benzene rings is 12. The number of hydrogen-bond acceptors (Lipinski definition) is 4. The molecule has 2 aromatic heterocycles. The maximum absolute atomic E-state index is 5.60. The number of thiophene rings is 2. The van der Waals surface area contributed by atoms with E-state index >= 15 is 0 Å². The highest BCUT2D eigenvalue weighted by Gasteiger charge is 2.12. The molecule has 0 saturated heterocycles. The Morgan fingerprint density at radius 1 is 0.288 bits per heavy atom. The van der Waals surface area contributed by atoms with Gasteiger partial charge in [-0.05, 0) is 127 Å². The average molecular weight is 1040 g/mol. The molecular weight excluding hydrogens is 989 g/mol. The van der Waals surface area contributed by atoms with Gasteiger partial charge in [-0.25, -0.2) is 0 Å². The van der Waals surface area contributed by atoms with E-state index < -0.39 is 0 Å². The highest BCUT2D eigenvalue weighted by molar-refractivity contribution is 9.10. The second-order valence-corrected chi connectivity index (χ2v) is 21.1. The van der Waals surface area contributed by atoms with E-state index in [1.165, 1.54) is 106 Å². The van der Waals surface area contributed by atoms with Crippen LogP contribution in [0.5, 0.6) is 0 Å². The molecule has 0 aliphatic rings. The smallest absolute Gasteiger partial charge is 0.0433 e. The molecule has 0 fully saturated rings. The molecule has 0 radical (unpaired) electrons. The molecule has 2 nitrogen and oxygen atoms in total. The van der Waals surface area contributed by atoms with E-state index in [0.29, 0.717) is 0 Å². The van der Waals surface area contributed by atoms with Crippen LogP contribution in [0.4, 0.5) is 17.1 Å². The van der Waals surface area contributed by atoms with E-state index in [0.717, 1.165) is 21.5 Å². The maximum atomic E-state index is 5.60. The Morgan fingerprint density at radius 3 is 1.08 bits per heavy atom. The van der Waals surface area contributed by atoms with Crippen LogP contribution in [-0.2, 0) is 0 Å². The monoisotopic (exact) mass is 1030 g/mol. The zero-order valence-corrected chi connectivity index (χ0v) is 42.9. The van der Waals surface area contributed by atoms with E-state index in [4.69, 9.17) is 5.73 Å². The first-order valence-electron chi connectivity index (χ1n) is 24.4. The van der Waals surface area contributed by atoms with Crippen molar-refractivity contribution in [2.45, 2.75) is 0 Å². The number of nitrogens with one attached hydrogen (secondary N) is 1. The van der Waals surface area contributed by atoms with Crippen molar-refractivity contribution in [3.63, 3.8) is 0 Å². The van der Waals surface area contributed by atoms with Crippen LogP contribution in [-0.4, -0.2) is 0 Å². The molecule has 0 aliphatic heterocycles. The molecule has 348 valence electrons. The van der Waals surface area contributed by atoms with Crippen LogP contribution >= 0.6 is 38.6 Å². The quantitative estimate of drug-likeness (QED) is 0.163. The first kappa shape index (κ1) is 45.8. The van der Waals surface area contributed by atoms with Gasteiger partial charge in [0.1, 0.15) is 0 Å². The third kappa shape index (κ3) is 9.74. The number of nitrogen functional groups attached to an aromatic ring is 1. The van der Waals surface area contributed by atoms with Crippen LogP contribution in [0.1, 0.15) is 0 Å². The first-order chi connectivity index (χ1) is 36.0. The van der Waals surface area contributed by atoms with E-state index in [-0.39, 0.29) is 0 Å². The van der Waals surface area contributed by atoms with Gasteiger partial charge in [0.05, 0.1) is 0 Å². The summed E-state index contributed by atoms with van der Waals surface area (Å²) >= 11 is 7.29. The third-order valence-electron chi connectivity index (χ3n) is 13.4. The number of fused-ring (bicyclic) bond motifs is 10. The number of rotatable bonds is 6. The van der Waals surface area contributed by atoms with Crippen molar-refractivity contribution in [2.24, 2.45) is 0 Å². The van der Waals surface area contributed by atoms with Gasteiger partial charge < -0.3 is 11.1 Å². The van der Waals surface area contributed by atoms with E-state index in [9.17, 15) is 0 Å². The fraction of sp³-hybridized carbons (Fsp3) is 0. The van der Waals surface area contributed by atoms with Gasteiger partial charge in [-0.15, -0.1) is 22.7 Å². The van der Waals surface area contributed by atoms with Gasteiger partial charge in [0, 0.05) is 61.9 Å². The standard InChI is InChI=1S/C34H23NS.C22H13BrS.C12H11N/c1-2-6-23(7-3-1)24-10-16-28(17-11-24)35-29-18-12-25(13-19-29)27-15-20-31-32-21-14-26-8-4-5-9-30(26)34(32)36-33(31)22-27;23-17-9-5-14(6-10-17)16-8-11-19-20-12-7-15-3-1-2-4-18(15)22(20)24-21(19)13-16;13-12-8-6-11(7-9-12)10-4-2-1-3-5-10/h1-22,35H;1-13H;1-9H,13H2. The molecule has 0 aliphatic carbocycles. The molecule has 73 heavy (non-hydrogen) atoms. The number of hydrogen-bond donors (Lipinski definition) is 2. The summed E-state index contributed by atoms with van der Waals surface area (Å²) in [5, 5.41) is 14.2. The van der Waals surface area contributed by atoms with Crippen molar-refractivity contribution in [3.8, 4) is 44.5 Å². The molecule has 0 amide bonds. The molecule has 0 atom stereocenters. The molecule has 2 heterocycles. The molecule has 0 bridgehead atoms. The average Bonchev–Trinajstić information content (AvgIpc) is 4.03. The minimum absolute atomic E-state index is 0.805. The van der Waals surface area contributed by atoms with Crippen LogP contribution in [0.25, 0.3) is 106 Å². The van der Waals surface area contributed by atoms with Gasteiger partial charge in [-0.2, -0.15) is 0 Å². The maximum Gasteiger partial charge on any atom is 0.0433 e. The van der Waals surface area contributed by atoms with Crippen LogP contribution in [0.15, 0.2) is 271 Å². The topological polar surface area (TPSA) is 38.0 Å². The van der Waals surface area contributed by atoms with Gasteiger partial charge in [0.25, 0.3) is 0 Å². The molecule has 3 N–H and O–H groups in total. The Balaban J connectivity index is 0.000000125. The van der Waals surface area contributed by atoms with Gasteiger partial charge >= 0.3 is 0 Å². The molecule has 14 rings (SSSR count). The second-order valence-electron chi connectivity index (χ2n) is 18.1. The third-order valence-corrected chi connectivity index (χ3v) is 16.4. The van der Waals surface area contributed by atoms with Crippen LogP contribution in [0.3, 0.4) is 0 Å². The van der Waals surface area contributed by atoms with Crippen LogP contribution in [0.2, 0.25) is 0 Å². The fourth-order valence-corrected chi connectivity index (χ4v) is 12.4. The van der Waals surface area contributed by atoms with Crippen LogP contribution in [0, 0.1) is 0 Å². The van der Waals surface area contributed by atoms with Gasteiger partial charge in [-0.3, -0.25) is 0 Å². The highest BCUT2D eigenvalue weighted by atomic mass is 79.9. The van der Waals surface area contributed by atoms with Crippen molar-refractivity contribution in [1.29, 1.82) is 0 Å². The summed E-state index contributed by atoms with van der Waals surface area (Å²) in [6.07, 6.45) is 0.